The van der Waals surface area contributed by atoms with Gasteiger partial charge in [-0.05, 0) is 171 Å². The normalized spacial score (nSPS) is 11.3. The molecule has 0 saturated heterocycles. The summed E-state index contributed by atoms with van der Waals surface area (Å²) in [4.78, 5) is 0. The van der Waals surface area contributed by atoms with Gasteiger partial charge in [-0.3, -0.25) is 0 Å². The first-order chi connectivity index (χ1) is 35.1. The van der Waals surface area contributed by atoms with Crippen molar-refractivity contribution < 1.29 is 10.0 Å². The van der Waals surface area contributed by atoms with E-state index in [1.54, 1.807) is 0 Å². The Balaban J connectivity index is 0.000000115. The highest BCUT2D eigenvalue weighted by Crippen LogP contribution is 2.38. The Bertz CT molecular complexity index is 2750. The number of rotatable bonds is 0. The van der Waals surface area contributed by atoms with Gasteiger partial charge in [-0.15, -0.1) is 0 Å². The highest BCUT2D eigenvalue weighted by molar-refractivity contribution is 6.38. The van der Waals surface area contributed by atoms with Crippen molar-refractivity contribution in [2.45, 2.75) is 60.2 Å². The molecule has 4 aliphatic carbocycles. The molecule has 0 amide bonds. The molecule has 10 aromatic carbocycles. The molecule has 0 spiro atoms. The lowest BCUT2D eigenvalue weighted by Gasteiger charge is -1.98. The Morgan fingerprint density at radius 3 is 0.458 bits per heavy atom. The third kappa shape index (κ3) is 12.9. The highest BCUT2D eigenvalue weighted by Gasteiger charge is 2.19. The molecule has 0 radical (unpaired) electrons. The average molecular weight is 937 g/mol. The average Bonchev–Trinajstić information content (AvgIpc) is 4.19. The molecule has 0 fully saturated rings. The summed E-state index contributed by atoms with van der Waals surface area (Å²) in [6, 6.07) is 86.0. The number of fused-ring (bicyclic) bond motifs is 12. The molecule has 10 aromatic rings. The van der Waals surface area contributed by atoms with Crippen LogP contribution < -0.4 is 0 Å². The highest BCUT2D eigenvalue weighted by atomic mass is 16.4. The molecule has 4 aliphatic rings. The molecule has 0 unspecified atom stereocenters. The van der Waals surface area contributed by atoms with Crippen LogP contribution in [0.2, 0.25) is 6.82 Å². The van der Waals surface area contributed by atoms with Crippen molar-refractivity contribution in [2.24, 2.45) is 0 Å². The van der Waals surface area contributed by atoms with Gasteiger partial charge in [-0.25, -0.2) is 0 Å². The van der Waals surface area contributed by atoms with Crippen LogP contribution in [0.4, 0.5) is 0 Å². The van der Waals surface area contributed by atoms with Crippen molar-refractivity contribution in [3.05, 3.63) is 309 Å². The second-order valence-electron chi connectivity index (χ2n) is 18.8. The molecule has 0 aliphatic heterocycles. The number of benzene rings is 10. The minimum absolute atomic E-state index is 1.10. The maximum Gasteiger partial charge on any atom is 0.448 e. The minimum Gasteiger partial charge on any atom is -0.427 e. The number of aryl methyl sites for hydroxylation is 4. The summed E-state index contributed by atoms with van der Waals surface area (Å²) in [5.41, 5.74) is 28.5. The van der Waals surface area contributed by atoms with Gasteiger partial charge in [-0.2, -0.15) is 0 Å². The van der Waals surface area contributed by atoms with E-state index in [0.29, 0.717) is 0 Å². The quantitative estimate of drug-likeness (QED) is 0.149. The van der Waals surface area contributed by atoms with Crippen LogP contribution in [0, 0.1) is 27.7 Å². The van der Waals surface area contributed by atoms with Crippen molar-refractivity contribution >= 4 is 7.12 Å². The molecule has 356 valence electrons. The Kier molecular flexibility index (Phi) is 17.4. The summed E-state index contributed by atoms with van der Waals surface area (Å²) < 4.78 is 0. The topological polar surface area (TPSA) is 40.5 Å². The smallest absolute Gasteiger partial charge is 0.427 e. The maximum absolute atomic E-state index is 7.61. The van der Waals surface area contributed by atoms with E-state index in [4.69, 9.17) is 10.0 Å². The molecule has 0 heterocycles. The molecule has 2 N–H and O–H groups in total. The summed E-state index contributed by atoms with van der Waals surface area (Å²) in [7, 11) is -1.17. The van der Waals surface area contributed by atoms with Crippen molar-refractivity contribution in [2.75, 3.05) is 0 Å². The maximum atomic E-state index is 7.61. The largest absolute Gasteiger partial charge is 0.448 e. The fourth-order valence-electron chi connectivity index (χ4n) is 9.64. The summed E-state index contributed by atoms with van der Waals surface area (Å²) in [6.45, 7) is 9.76. The van der Waals surface area contributed by atoms with Gasteiger partial charge < -0.3 is 10.0 Å². The second-order valence-corrected chi connectivity index (χ2v) is 18.8. The summed E-state index contributed by atoms with van der Waals surface area (Å²) in [5, 5.41) is 15.2. The van der Waals surface area contributed by atoms with E-state index in [0.717, 1.165) is 25.7 Å². The van der Waals surface area contributed by atoms with E-state index >= 15 is 0 Å². The van der Waals surface area contributed by atoms with Crippen LogP contribution in [0.1, 0.15) is 66.8 Å². The van der Waals surface area contributed by atoms with E-state index < -0.39 is 7.12 Å². The monoisotopic (exact) mass is 937 g/mol. The second kappa shape index (κ2) is 24.8. The molecule has 0 atom stereocenters. The van der Waals surface area contributed by atoms with Crippen molar-refractivity contribution in [1.82, 2.24) is 0 Å². The fourth-order valence-corrected chi connectivity index (χ4v) is 9.64. The third-order valence-electron chi connectivity index (χ3n) is 13.7. The zero-order valence-corrected chi connectivity index (χ0v) is 42.4. The van der Waals surface area contributed by atoms with Gasteiger partial charge in [0, 0.05) is 0 Å². The van der Waals surface area contributed by atoms with Crippen molar-refractivity contribution in [3.8, 4) is 44.5 Å². The predicted molar refractivity (Wildman–Crippen MR) is 307 cm³/mol. The van der Waals surface area contributed by atoms with Crippen LogP contribution in [0.15, 0.2) is 243 Å². The third-order valence-corrected chi connectivity index (χ3v) is 13.7. The lowest BCUT2D eigenvalue weighted by molar-refractivity contribution is 0.417. The van der Waals surface area contributed by atoms with Gasteiger partial charge in [0.25, 0.3) is 0 Å². The zero-order chi connectivity index (χ0) is 50.2. The molecule has 0 aromatic heterocycles. The Labute approximate surface area is 429 Å². The van der Waals surface area contributed by atoms with Crippen molar-refractivity contribution in [3.63, 3.8) is 0 Å². The SMILES string of the molecule is CB(O)O.Cc1ccccc1C.Cc1ccccc1C.c1ccc2c(c1)Cc1ccccc1-2.c1ccc2c(c1)Cc1ccccc1-2.c1ccc2c(c1)Cc1ccccc1-2.c1ccc2c(c1)Cc1ccccc1-2. The standard InChI is InChI=1S/4C13H10.2C8H10.CH5BO2/c4*1-3-7-12-10(5-1)9-11-6-2-4-8-13(11)12;2*1-7-5-3-4-6-8(7)2;1-2(3)4/h4*1-8H,9H2;2*3-6H,1-2H3;3-4H,1H3. The van der Waals surface area contributed by atoms with E-state index in [-0.39, 0.29) is 0 Å². The van der Waals surface area contributed by atoms with Crippen LogP contribution in [0.3, 0.4) is 0 Å². The van der Waals surface area contributed by atoms with E-state index in [9.17, 15) is 0 Å². The lowest BCUT2D eigenvalue weighted by atomic mass is 9.99. The van der Waals surface area contributed by atoms with Crippen LogP contribution in [-0.4, -0.2) is 17.2 Å². The Morgan fingerprint density at radius 1 is 0.222 bits per heavy atom. The van der Waals surface area contributed by atoms with Gasteiger partial charge in [-0.1, -0.05) is 243 Å². The number of hydrogen-bond donors (Lipinski definition) is 2. The van der Waals surface area contributed by atoms with E-state index in [2.05, 4.69) is 270 Å². The molecule has 14 rings (SSSR count). The first-order valence-corrected chi connectivity index (χ1v) is 25.2. The lowest BCUT2D eigenvalue weighted by Crippen LogP contribution is -2.00. The molecule has 0 bridgehead atoms. The minimum atomic E-state index is -1.17. The molecule has 2 nitrogen and oxygen atoms in total. The van der Waals surface area contributed by atoms with Gasteiger partial charge in [0.1, 0.15) is 0 Å². The van der Waals surface area contributed by atoms with Crippen LogP contribution >= 0.6 is 0 Å². The zero-order valence-electron chi connectivity index (χ0n) is 42.4. The summed E-state index contributed by atoms with van der Waals surface area (Å²) >= 11 is 0. The van der Waals surface area contributed by atoms with Crippen LogP contribution in [0.5, 0.6) is 0 Å². The van der Waals surface area contributed by atoms with Gasteiger partial charge >= 0.3 is 7.12 Å². The molecular weight excluding hydrogens is 872 g/mol. The van der Waals surface area contributed by atoms with Crippen LogP contribution in [-0.2, 0) is 25.7 Å². The van der Waals surface area contributed by atoms with Crippen LogP contribution in [0.25, 0.3) is 44.5 Å². The molecule has 3 heteroatoms. The molecule has 72 heavy (non-hydrogen) atoms. The fraction of sp³-hybridized carbons (Fsp3) is 0.130. The van der Waals surface area contributed by atoms with Gasteiger partial charge in [0.2, 0.25) is 0 Å². The molecule has 0 saturated carbocycles. The summed E-state index contributed by atoms with van der Waals surface area (Å²) in [5.74, 6) is 0. The van der Waals surface area contributed by atoms with E-state index in [1.165, 1.54) is 118 Å². The Hall–Kier alpha value is -7.82. The number of hydrogen-bond acceptors (Lipinski definition) is 2. The van der Waals surface area contributed by atoms with Gasteiger partial charge in [0.05, 0.1) is 0 Å². The predicted octanol–water partition coefficient (Wildman–Crippen LogP) is 16.7. The molecular formula is C69H65BO2. The first kappa shape index (κ1) is 50.6. The van der Waals surface area contributed by atoms with Gasteiger partial charge in [0.15, 0.2) is 0 Å². The summed E-state index contributed by atoms with van der Waals surface area (Å²) in [6.07, 6.45) is 4.41. The van der Waals surface area contributed by atoms with E-state index in [1.807, 2.05) is 0 Å². The van der Waals surface area contributed by atoms with Crippen molar-refractivity contribution in [1.29, 1.82) is 0 Å². The first-order valence-electron chi connectivity index (χ1n) is 25.2. The Morgan fingerprint density at radius 2 is 0.333 bits per heavy atom.